The van der Waals surface area contributed by atoms with Gasteiger partial charge in [0.05, 0.1) is 0 Å². The van der Waals surface area contributed by atoms with Crippen LogP contribution in [0.1, 0.15) is 23.1 Å². The van der Waals surface area contributed by atoms with Crippen molar-refractivity contribution >= 4 is 11.7 Å². The van der Waals surface area contributed by atoms with Crippen LogP contribution in [0.5, 0.6) is 5.75 Å². The van der Waals surface area contributed by atoms with Crippen LogP contribution in [-0.2, 0) is 16.1 Å². The number of pyridine rings is 2. The van der Waals surface area contributed by atoms with Gasteiger partial charge in [-0.15, -0.1) is 0 Å². The number of carboxylic acids is 1. The van der Waals surface area contributed by atoms with Crippen LogP contribution >= 0.6 is 0 Å². The zero-order chi connectivity index (χ0) is 20.3. The van der Waals surface area contributed by atoms with Crippen LogP contribution < -0.4 is 4.74 Å². The van der Waals surface area contributed by atoms with Gasteiger partial charge in [0.1, 0.15) is 18.1 Å². The van der Waals surface area contributed by atoms with Gasteiger partial charge >= 0.3 is 5.97 Å². The highest BCUT2D eigenvalue weighted by atomic mass is 16.6. The molecule has 0 fully saturated rings. The molecule has 0 unspecified atom stereocenters. The Morgan fingerprint density at radius 3 is 2.34 bits per heavy atom. The lowest BCUT2D eigenvalue weighted by Gasteiger charge is -2.08. The Morgan fingerprint density at radius 2 is 1.72 bits per heavy atom. The minimum Gasteiger partial charge on any atom is -0.482 e. The second-order valence-corrected chi connectivity index (χ2v) is 6.19. The number of aryl methyl sites for hydroxylation is 1. The van der Waals surface area contributed by atoms with Crippen LogP contribution in [0.3, 0.4) is 0 Å². The van der Waals surface area contributed by atoms with Gasteiger partial charge in [-0.1, -0.05) is 17.3 Å². The van der Waals surface area contributed by atoms with Crippen molar-refractivity contribution in [3.05, 3.63) is 90.0 Å². The molecule has 3 rings (SSSR count). The molecule has 2 heterocycles. The fourth-order valence-electron chi connectivity index (χ4n) is 2.66. The number of carboxylic acid groups (broad SMARTS) is 1. The van der Waals surface area contributed by atoms with Gasteiger partial charge in [-0.2, -0.15) is 0 Å². The van der Waals surface area contributed by atoms with E-state index in [1.807, 2.05) is 42.5 Å². The molecule has 0 atom stereocenters. The van der Waals surface area contributed by atoms with E-state index in [4.69, 9.17) is 14.7 Å². The molecule has 1 aromatic carbocycles. The van der Waals surface area contributed by atoms with Crippen molar-refractivity contribution in [2.24, 2.45) is 5.16 Å². The fourth-order valence-corrected chi connectivity index (χ4v) is 2.66. The normalized spacial score (nSPS) is 10.2. The number of benzene rings is 1. The lowest BCUT2D eigenvalue weighted by molar-refractivity contribution is -0.139. The molecule has 2 aromatic heterocycles. The standard InChI is InChI=1S/C22H21N3O4/c26-21(27)16-28-20-9-1-5-17(13-20)6-4-12-29-25-22(18-7-2-10-23-14-18)19-8-3-11-24-15-19/h1-3,5,7-11,13-15H,4,6,12,16H2,(H,26,27). The van der Waals surface area contributed by atoms with Crippen molar-refractivity contribution in [2.45, 2.75) is 12.8 Å². The number of carbonyl (C=O) groups is 1. The Kier molecular flexibility index (Phi) is 7.28. The maximum absolute atomic E-state index is 10.6. The molecular weight excluding hydrogens is 370 g/mol. The minimum absolute atomic E-state index is 0.354. The first kappa shape index (κ1) is 20.0. The lowest BCUT2D eigenvalue weighted by atomic mass is 10.1. The van der Waals surface area contributed by atoms with Gasteiger partial charge in [0.25, 0.3) is 0 Å². The zero-order valence-corrected chi connectivity index (χ0v) is 15.8. The quantitative estimate of drug-likeness (QED) is 0.324. The van der Waals surface area contributed by atoms with Crippen molar-refractivity contribution in [3.63, 3.8) is 0 Å². The Labute approximate surface area is 168 Å². The summed E-state index contributed by atoms with van der Waals surface area (Å²) in [5.74, 6) is -0.459. The zero-order valence-electron chi connectivity index (χ0n) is 15.8. The molecule has 1 N–H and O–H groups in total. The van der Waals surface area contributed by atoms with E-state index in [9.17, 15) is 4.79 Å². The highest BCUT2D eigenvalue weighted by Gasteiger charge is 2.08. The average Bonchev–Trinajstić information content (AvgIpc) is 2.76. The predicted molar refractivity (Wildman–Crippen MR) is 108 cm³/mol. The molecule has 0 spiro atoms. The van der Waals surface area contributed by atoms with E-state index in [1.54, 1.807) is 30.9 Å². The average molecular weight is 391 g/mol. The molecule has 0 bridgehead atoms. The summed E-state index contributed by atoms with van der Waals surface area (Å²) in [5.41, 5.74) is 3.42. The van der Waals surface area contributed by atoms with E-state index in [-0.39, 0.29) is 6.61 Å². The molecule has 0 saturated heterocycles. The van der Waals surface area contributed by atoms with E-state index in [1.165, 1.54) is 0 Å². The molecule has 0 saturated carbocycles. The summed E-state index contributed by atoms with van der Waals surface area (Å²) < 4.78 is 5.20. The van der Waals surface area contributed by atoms with E-state index < -0.39 is 5.97 Å². The molecule has 0 amide bonds. The van der Waals surface area contributed by atoms with Gasteiger partial charge in [0.2, 0.25) is 0 Å². The van der Waals surface area contributed by atoms with Gasteiger partial charge in [-0.05, 0) is 54.8 Å². The molecular formula is C22H21N3O4. The van der Waals surface area contributed by atoms with Crippen molar-refractivity contribution in [2.75, 3.05) is 13.2 Å². The molecule has 7 nitrogen and oxygen atoms in total. The topological polar surface area (TPSA) is 93.9 Å². The number of nitrogens with zero attached hydrogens (tertiary/aromatic N) is 3. The second-order valence-electron chi connectivity index (χ2n) is 6.19. The number of aliphatic carboxylic acids is 1. The molecule has 0 aliphatic carbocycles. The van der Waals surface area contributed by atoms with Gasteiger partial charge in [0.15, 0.2) is 6.61 Å². The van der Waals surface area contributed by atoms with Crippen molar-refractivity contribution in [1.29, 1.82) is 0 Å². The van der Waals surface area contributed by atoms with Crippen LogP contribution in [0.25, 0.3) is 0 Å². The highest BCUT2D eigenvalue weighted by molar-refractivity contribution is 6.12. The van der Waals surface area contributed by atoms with Gasteiger partial charge in [-0.25, -0.2) is 4.79 Å². The van der Waals surface area contributed by atoms with E-state index in [0.717, 1.165) is 29.5 Å². The molecule has 0 radical (unpaired) electrons. The van der Waals surface area contributed by atoms with Crippen LogP contribution in [-0.4, -0.2) is 40.0 Å². The van der Waals surface area contributed by atoms with E-state index in [0.29, 0.717) is 18.1 Å². The van der Waals surface area contributed by atoms with E-state index >= 15 is 0 Å². The lowest BCUT2D eigenvalue weighted by Crippen LogP contribution is -2.09. The summed E-state index contributed by atoms with van der Waals surface area (Å²) in [6.07, 6.45) is 8.39. The Morgan fingerprint density at radius 1 is 1.00 bits per heavy atom. The number of hydrogen-bond acceptors (Lipinski definition) is 6. The predicted octanol–water partition coefficient (Wildman–Crippen LogP) is 3.34. The Balaban J connectivity index is 1.57. The molecule has 0 aliphatic heterocycles. The Bertz CT molecular complexity index is 905. The van der Waals surface area contributed by atoms with Crippen LogP contribution in [0.15, 0.2) is 78.5 Å². The highest BCUT2D eigenvalue weighted by Crippen LogP contribution is 2.15. The number of hydrogen-bond donors (Lipinski definition) is 1. The van der Waals surface area contributed by atoms with Crippen LogP contribution in [0.2, 0.25) is 0 Å². The van der Waals surface area contributed by atoms with E-state index in [2.05, 4.69) is 15.1 Å². The summed E-state index contributed by atoms with van der Waals surface area (Å²) >= 11 is 0. The first-order chi connectivity index (χ1) is 14.2. The number of rotatable bonds is 10. The summed E-state index contributed by atoms with van der Waals surface area (Å²) in [4.78, 5) is 24.4. The van der Waals surface area contributed by atoms with Crippen molar-refractivity contribution in [1.82, 2.24) is 9.97 Å². The summed E-state index contributed by atoms with van der Waals surface area (Å²) in [6.45, 7) is 0.0803. The van der Waals surface area contributed by atoms with Crippen molar-refractivity contribution < 1.29 is 19.5 Å². The molecule has 7 heteroatoms. The van der Waals surface area contributed by atoms with Crippen molar-refractivity contribution in [3.8, 4) is 5.75 Å². The Hall–Kier alpha value is -3.74. The van der Waals surface area contributed by atoms with Crippen LogP contribution in [0.4, 0.5) is 0 Å². The number of ether oxygens (including phenoxy) is 1. The first-order valence-corrected chi connectivity index (χ1v) is 9.16. The summed E-state index contributed by atoms with van der Waals surface area (Å²) in [7, 11) is 0. The van der Waals surface area contributed by atoms with Gasteiger partial charge in [-0.3, -0.25) is 9.97 Å². The molecule has 0 aliphatic rings. The fraction of sp³-hybridized carbons (Fsp3) is 0.182. The largest absolute Gasteiger partial charge is 0.482 e. The third kappa shape index (κ3) is 6.42. The van der Waals surface area contributed by atoms with Gasteiger partial charge < -0.3 is 14.7 Å². The molecule has 148 valence electrons. The first-order valence-electron chi connectivity index (χ1n) is 9.16. The van der Waals surface area contributed by atoms with Crippen LogP contribution in [0, 0.1) is 0 Å². The maximum atomic E-state index is 10.6. The molecule has 3 aromatic rings. The second kappa shape index (κ2) is 10.6. The maximum Gasteiger partial charge on any atom is 0.341 e. The summed E-state index contributed by atoms with van der Waals surface area (Å²) in [6, 6.07) is 14.9. The smallest absolute Gasteiger partial charge is 0.341 e. The third-order valence-electron chi connectivity index (χ3n) is 3.99. The molecule has 29 heavy (non-hydrogen) atoms. The SMILES string of the molecule is O=C(O)COc1cccc(CCCON=C(c2cccnc2)c2cccnc2)c1. The summed E-state index contributed by atoms with van der Waals surface area (Å²) in [5, 5.41) is 13.0. The minimum atomic E-state index is -1.00. The number of aromatic nitrogens is 2. The number of oxime groups is 1. The third-order valence-corrected chi connectivity index (χ3v) is 3.99. The van der Waals surface area contributed by atoms with Gasteiger partial charge in [0, 0.05) is 35.9 Å². The monoisotopic (exact) mass is 391 g/mol.